The molecule has 1 rings (SSSR count). The summed E-state index contributed by atoms with van der Waals surface area (Å²) in [6.07, 6.45) is -0.0118. The molecule has 1 aliphatic rings. The Balaban J connectivity index is 3.23. The van der Waals surface area contributed by atoms with Crippen molar-refractivity contribution in [3.63, 3.8) is 0 Å². The standard InChI is InChI=1S/C10H13NO5/c1-4-3-5(12)7(9(11)14)8(13)6(4)10(15)16-2/h4,6,13H,3H2,1-2H3,(H2,11,14)/t4-,6+/m1/s1. The van der Waals surface area contributed by atoms with Crippen molar-refractivity contribution in [3.8, 4) is 0 Å². The Morgan fingerprint density at radius 3 is 2.50 bits per heavy atom. The van der Waals surface area contributed by atoms with Crippen molar-refractivity contribution >= 4 is 17.7 Å². The van der Waals surface area contributed by atoms with E-state index in [1.54, 1.807) is 6.92 Å². The summed E-state index contributed by atoms with van der Waals surface area (Å²) >= 11 is 0. The minimum atomic E-state index is -1.02. The number of carbonyl (C=O) groups excluding carboxylic acids is 3. The van der Waals surface area contributed by atoms with E-state index in [-0.39, 0.29) is 6.42 Å². The molecule has 0 fully saturated rings. The minimum Gasteiger partial charge on any atom is -0.510 e. The van der Waals surface area contributed by atoms with Crippen molar-refractivity contribution in [1.82, 2.24) is 0 Å². The van der Waals surface area contributed by atoms with E-state index in [2.05, 4.69) is 4.74 Å². The molecular weight excluding hydrogens is 214 g/mol. The Morgan fingerprint density at radius 2 is 2.06 bits per heavy atom. The van der Waals surface area contributed by atoms with Crippen LogP contribution in [0.15, 0.2) is 11.3 Å². The Kier molecular flexibility index (Phi) is 3.31. The van der Waals surface area contributed by atoms with Gasteiger partial charge < -0.3 is 15.6 Å². The highest BCUT2D eigenvalue weighted by molar-refractivity contribution is 6.20. The normalized spacial score (nSPS) is 25.5. The maximum atomic E-state index is 11.4. The second-order valence-corrected chi connectivity index (χ2v) is 3.73. The second kappa shape index (κ2) is 4.34. The first-order chi connectivity index (χ1) is 7.40. The van der Waals surface area contributed by atoms with E-state index in [1.165, 1.54) is 7.11 Å². The number of amides is 1. The highest BCUT2D eigenvalue weighted by Crippen LogP contribution is 2.32. The number of primary amides is 1. The lowest BCUT2D eigenvalue weighted by molar-refractivity contribution is -0.147. The summed E-state index contributed by atoms with van der Waals surface area (Å²) in [5.74, 6) is -4.24. The monoisotopic (exact) mass is 227 g/mol. The van der Waals surface area contributed by atoms with Crippen LogP contribution in [0.2, 0.25) is 0 Å². The summed E-state index contributed by atoms with van der Waals surface area (Å²) in [6, 6.07) is 0. The number of methoxy groups -OCH3 is 1. The van der Waals surface area contributed by atoms with E-state index < -0.39 is 40.8 Å². The molecule has 0 unspecified atom stereocenters. The van der Waals surface area contributed by atoms with Crippen LogP contribution in [0.4, 0.5) is 0 Å². The van der Waals surface area contributed by atoms with Crippen LogP contribution in [0, 0.1) is 11.8 Å². The smallest absolute Gasteiger partial charge is 0.316 e. The number of carbonyl (C=O) groups is 3. The Bertz CT molecular complexity index is 385. The quantitative estimate of drug-likeness (QED) is 0.496. The van der Waals surface area contributed by atoms with Gasteiger partial charge in [0.25, 0.3) is 5.91 Å². The molecule has 0 spiro atoms. The largest absolute Gasteiger partial charge is 0.510 e. The molecule has 6 heteroatoms. The Hall–Kier alpha value is -1.85. The number of Topliss-reactive ketones (excluding diaryl/α,β-unsaturated/α-hetero) is 1. The average molecular weight is 227 g/mol. The maximum Gasteiger partial charge on any atom is 0.316 e. The number of esters is 1. The summed E-state index contributed by atoms with van der Waals surface area (Å²) in [6.45, 7) is 1.62. The van der Waals surface area contributed by atoms with Gasteiger partial charge in [0.1, 0.15) is 17.3 Å². The summed E-state index contributed by atoms with van der Waals surface area (Å²) < 4.78 is 4.50. The molecule has 6 nitrogen and oxygen atoms in total. The molecule has 1 amide bonds. The SMILES string of the molecule is COC(=O)[C@@H]1C(O)=C(C(N)=O)C(=O)C[C@H]1C. The van der Waals surface area contributed by atoms with Crippen LogP contribution >= 0.6 is 0 Å². The first kappa shape index (κ1) is 12.2. The van der Waals surface area contributed by atoms with E-state index in [4.69, 9.17) is 5.73 Å². The van der Waals surface area contributed by atoms with Crippen molar-refractivity contribution in [1.29, 1.82) is 0 Å². The van der Waals surface area contributed by atoms with Crippen molar-refractivity contribution in [2.45, 2.75) is 13.3 Å². The highest BCUT2D eigenvalue weighted by Gasteiger charge is 2.40. The lowest BCUT2D eigenvalue weighted by Gasteiger charge is -2.26. The van der Waals surface area contributed by atoms with Gasteiger partial charge in [-0.1, -0.05) is 6.92 Å². The number of hydrogen-bond donors (Lipinski definition) is 2. The number of aliphatic hydroxyl groups excluding tert-OH is 1. The van der Waals surface area contributed by atoms with Crippen LogP contribution in [-0.2, 0) is 19.1 Å². The van der Waals surface area contributed by atoms with Crippen molar-refractivity contribution in [3.05, 3.63) is 11.3 Å². The molecule has 0 radical (unpaired) electrons. The van der Waals surface area contributed by atoms with Gasteiger partial charge in [0.15, 0.2) is 5.78 Å². The molecule has 0 saturated carbocycles. The molecule has 0 aliphatic heterocycles. The topological polar surface area (TPSA) is 107 Å². The molecule has 0 bridgehead atoms. The fraction of sp³-hybridized carbons (Fsp3) is 0.500. The van der Waals surface area contributed by atoms with Crippen LogP contribution in [0.5, 0.6) is 0 Å². The number of hydrogen-bond acceptors (Lipinski definition) is 5. The fourth-order valence-electron chi connectivity index (χ4n) is 1.81. The van der Waals surface area contributed by atoms with Gasteiger partial charge in [0, 0.05) is 6.42 Å². The van der Waals surface area contributed by atoms with E-state index in [0.29, 0.717) is 0 Å². The first-order valence-electron chi connectivity index (χ1n) is 4.74. The third-order valence-electron chi connectivity index (χ3n) is 2.61. The summed E-state index contributed by atoms with van der Waals surface area (Å²) in [5.41, 5.74) is 4.48. The minimum absolute atomic E-state index is 0.0118. The van der Waals surface area contributed by atoms with Crippen molar-refractivity contribution in [2.24, 2.45) is 17.6 Å². The molecule has 1 aliphatic carbocycles. The average Bonchev–Trinajstić information content (AvgIpc) is 2.15. The summed E-state index contributed by atoms with van der Waals surface area (Å²) in [5, 5.41) is 9.70. The number of ether oxygens (including phenoxy) is 1. The predicted molar refractivity (Wildman–Crippen MR) is 53.1 cm³/mol. The molecule has 0 heterocycles. The molecule has 2 atom stereocenters. The number of aliphatic hydroxyl groups is 1. The zero-order chi connectivity index (χ0) is 12.5. The van der Waals surface area contributed by atoms with Crippen LogP contribution in [0.3, 0.4) is 0 Å². The lowest BCUT2D eigenvalue weighted by Crippen LogP contribution is -2.37. The Morgan fingerprint density at radius 1 is 1.50 bits per heavy atom. The van der Waals surface area contributed by atoms with E-state index in [0.717, 1.165) is 0 Å². The van der Waals surface area contributed by atoms with Gasteiger partial charge >= 0.3 is 5.97 Å². The third-order valence-corrected chi connectivity index (χ3v) is 2.61. The van der Waals surface area contributed by atoms with E-state index in [9.17, 15) is 19.5 Å². The first-order valence-corrected chi connectivity index (χ1v) is 4.74. The molecule has 88 valence electrons. The molecule has 0 aromatic carbocycles. The number of ketones is 1. The van der Waals surface area contributed by atoms with Crippen LogP contribution < -0.4 is 5.73 Å². The maximum absolute atomic E-state index is 11.4. The van der Waals surface area contributed by atoms with E-state index >= 15 is 0 Å². The van der Waals surface area contributed by atoms with Gasteiger partial charge in [-0.15, -0.1) is 0 Å². The van der Waals surface area contributed by atoms with E-state index in [1.807, 2.05) is 0 Å². The molecule has 3 N–H and O–H groups in total. The van der Waals surface area contributed by atoms with Gasteiger partial charge in [-0.25, -0.2) is 0 Å². The lowest BCUT2D eigenvalue weighted by atomic mass is 9.79. The highest BCUT2D eigenvalue weighted by atomic mass is 16.5. The molecule has 16 heavy (non-hydrogen) atoms. The van der Waals surface area contributed by atoms with Gasteiger partial charge in [0.2, 0.25) is 0 Å². The van der Waals surface area contributed by atoms with Crippen LogP contribution in [0.1, 0.15) is 13.3 Å². The van der Waals surface area contributed by atoms with Crippen molar-refractivity contribution < 1.29 is 24.2 Å². The molecule has 0 aromatic rings. The predicted octanol–water partition coefficient (Wildman–Crippen LogP) is -0.318. The fourth-order valence-corrected chi connectivity index (χ4v) is 1.81. The summed E-state index contributed by atoms with van der Waals surface area (Å²) in [4.78, 5) is 33.8. The summed E-state index contributed by atoms with van der Waals surface area (Å²) in [7, 11) is 1.17. The van der Waals surface area contributed by atoms with Gasteiger partial charge in [-0.05, 0) is 5.92 Å². The van der Waals surface area contributed by atoms with Gasteiger partial charge in [0.05, 0.1) is 7.11 Å². The van der Waals surface area contributed by atoms with Gasteiger partial charge in [-0.2, -0.15) is 0 Å². The zero-order valence-corrected chi connectivity index (χ0v) is 9.02. The Labute approximate surface area is 92.1 Å². The van der Waals surface area contributed by atoms with Crippen molar-refractivity contribution in [2.75, 3.05) is 7.11 Å². The second-order valence-electron chi connectivity index (χ2n) is 3.73. The molecule has 0 saturated heterocycles. The number of rotatable bonds is 2. The van der Waals surface area contributed by atoms with Crippen LogP contribution in [-0.4, -0.2) is 29.9 Å². The molecular formula is C10H13NO5. The zero-order valence-electron chi connectivity index (χ0n) is 9.02. The molecule has 0 aromatic heterocycles. The van der Waals surface area contributed by atoms with Crippen LogP contribution in [0.25, 0.3) is 0 Å². The number of nitrogens with two attached hydrogens (primary N) is 1. The third kappa shape index (κ3) is 1.91. The van der Waals surface area contributed by atoms with Gasteiger partial charge in [-0.3, -0.25) is 14.4 Å².